The van der Waals surface area contributed by atoms with Crippen LogP contribution in [0.1, 0.15) is 19.8 Å². The third-order valence-electron chi connectivity index (χ3n) is 4.03. The van der Waals surface area contributed by atoms with Gasteiger partial charge >= 0.3 is 0 Å². The number of nitrogens with one attached hydrogen (secondary N) is 2. The molecule has 0 bridgehead atoms. The largest absolute Gasteiger partial charge is 0.455 e. The second-order valence-electron chi connectivity index (χ2n) is 5.23. The van der Waals surface area contributed by atoms with Gasteiger partial charge in [0.2, 0.25) is 0 Å². The van der Waals surface area contributed by atoms with Crippen LogP contribution in [0.3, 0.4) is 0 Å². The van der Waals surface area contributed by atoms with E-state index in [9.17, 15) is 0 Å². The van der Waals surface area contributed by atoms with Crippen LogP contribution in [-0.4, -0.2) is 36.2 Å². The van der Waals surface area contributed by atoms with Gasteiger partial charge in [0.05, 0.1) is 18.4 Å². The van der Waals surface area contributed by atoms with E-state index in [0.29, 0.717) is 11.9 Å². The monoisotopic (exact) mass is 260 g/mol. The van der Waals surface area contributed by atoms with Gasteiger partial charge in [0.15, 0.2) is 0 Å². The highest BCUT2D eigenvalue weighted by Gasteiger charge is 2.46. The van der Waals surface area contributed by atoms with Crippen LogP contribution in [0.5, 0.6) is 0 Å². The summed E-state index contributed by atoms with van der Waals surface area (Å²) in [6.45, 7) is 4.93. The number of nitrogens with zero attached hydrogens (tertiary/aromatic N) is 2. The number of hydrogen-bond donors (Lipinski definition) is 2. The van der Waals surface area contributed by atoms with E-state index in [2.05, 4.69) is 27.5 Å². The Morgan fingerprint density at radius 3 is 3.32 bits per heavy atom. The Morgan fingerprint density at radius 2 is 2.53 bits per heavy atom. The molecule has 1 fully saturated rings. The van der Waals surface area contributed by atoms with Crippen molar-refractivity contribution in [3.05, 3.63) is 24.5 Å². The third-order valence-corrected chi connectivity index (χ3v) is 4.03. The standard InChI is InChI=1S/C14H20N4O/c1-2-11-5-7-16-9-14(11)10-17-13(19-14)18-12-4-3-6-15-8-12/h3-4,6,8,11,16H,2,5,7,9-10H2,1H3,(H,17,18). The minimum atomic E-state index is -0.155. The zero-order valence-electron chi connectivity index (χ0n) is 11.2. The van der Waals surface area contributed by atoms with Crippen LogP contribution in [0.2, 0.25) is 0 Å². The average molecular weight is 260 g/mol. The summed E-state index contributed by atoms with van der Waals surface area (Å²) in [5, 5.41) is 6.62. The van der Waals surface area contributed by atoms with Crippen molar-refractivity contribution in [1.82, 2.24) is 10.3 Å². The molecular weight excluding hydrogens is 240 g/mol. The van der Waals surface area contributed by atoms with Crippen molar-refractivity contribution < 1.29 is 4.74 Å². The molecule has 0 aliphatic carbocycles. The summed E-state index contributed by atoms with van der Waals surface area (Å²) in [6.07, 6.45) is 5.82. The van der Waals surface area contributed by atoms with Gasteiger partial charge in [-0.1, -0.05) is 6.92 Å². The second-order valence-corrected chi connectivity index (χ2v) is 5.23. The van der Waals surface area contributed by atoms with Gasteiger partial charge in [0.1, 0.15) is 5.60 Å². The molecule has 3 heterocycles. The van der Waals surface area contributed by atoms with Crippen LogP contribution >= 0.6 is 0 Å². The summed E-state index contributed by atoms with van der Waals surface area (Å²) in [6, 6.07) is 4.47. The number of aromatic nitrogens is 1. The first-order chi connectivity index (χ1) is 9.32. The molecule has 2 aliphatic heterocycles. The molecule has 1 spiro atoms. The van der Waals surface area contributed by atoms with Crippen molar-refractivity contribution in [3.8, 4) is 0 Å². The molecule has 5 heteroatoms. The average Bonchev–Trinajstić information content (AvgIpc) is 2.84. The number of rotatable bonds is 2. The zero-order chi connectivity index (χ0) is 13.1. The molecular formula is C14H20N4O. The number of amidine groups is 1. The van der Waals surface area contributed by atoms with E-state index in [-0.39, 0.29) is 5.60 Å². The molecule has 0 aromatic carbocycles. The maximum atomic E-state index is 6.15. The normalized spacial score (nSPS) is 29.9. The summed E-state index contributed by atoms with van der Waals surface area (Å²) in [5.74, 6) is 0.575. The summed E-state index contributed by atoms with van der Waals surface area (Å²) in [7, 11) is 0. The Morgan fingerprint density at radius 1 is 1.58 bits per heavy atom. The Labute approximate surface area is 113 Å². The first-order valence-electron chi connectivity index (χ1n) is 6.93. The Hall–Kier alpha value is -1.62. The smallest absolute Gasteiger partial charge is 0.290 e. The van der Waals surface area contributed by atoms with Gasteiger partial charge in [-0.05, 0) is 31.5 Å². The SMILES string of the molecule is CCC1CCNCC12CN=C(Nc1cccnc1)O2. The number of pyridine rings is 1. The summed E-state index contributed by atoms with van der Waals surface area (Å²) >= 11 is 0. The molecule has 2 unspecified atom stereocenters. The quantitative estimate of drug-likeness (QED) is 0.848. The third kappa shape index (κ3) is 2.42. The Kier molecular flexibility index (Phi) is 3.38. The van der Waals surface area contributed by atoms with Crippen LogP contribution in [0.25, 0.3) is 0 Å². The predicted molar refractivity (Wildman–Crippen MR) is 75.2 cm³/mol. The highest BCUT2D eigenvalue weighted by molar-refractivity contribution is 5.90. The molecule has 0 saturated carbocycles. The van der Waals surface area contributed by atoms with Crippen LogP contribution in [0.15, 0.2) is 29.5 Å². The summed E-state index contributed by atoms with van der Waals surface area (Å²) in [5.41, 5.74) is 0.757. The van der Waals surface area contributed by atoms with E-state index in [1.807, 2.05) is 12.1 Å². The maximum Gasteiger partial charge on any atom is 0.290 e. The van der Waals surface area contributed by atoms with Gasteiger partial charge in [-0.2, -0.15) is 0 Å². The van der Waals surface area contributed by atoms with E-state index < -0.39 is 0 Å². The lowest BCUT2D eigenvalue weighted by Crippen LogP contribution is -2.54. The first-order valence-corrected chi connectivity index (χ1v) is 6.93. The fraction of sp³-hybridized carbons (Fsp3) is 0.571. The minimum Gasteiger partial charge on any atom is -0.455 e. The van der Waals surface area contributed by atoms with Crippen molar-refractivity contribution in [2.75, 3.05) is 25.0 Å². The molecule has 0 radical (unpaired) electrons. The lowest BCUT2D eigenvalue weighted by Gasteiger charge is -2.39. The molecule has 0 amide bonds. The Bertz CT molecular complexity index is 462. The molecule has 19 heavy (non-hydrogen) atoms. The fourth-order valence-electron chi connectivity index (χ4n) is 2.95. The number of piperidine rings is 1. The number of anilines is 1. The molecule has 1 aromatic rings. The molecule has 1 saturated heterocycles. The van der Waals surface area contributed by atoms with Crippen molar-refractivity contribution in [1.29, 1.82) is 0 Å². The molecule has 5 nitrogen and oxygen atoms in total. The summed E-state index contributed by atoms with van der Waals surface area (Å²) < 4.78 is 6.15. The predicted octanol–water partition coefficient (Wildman–Crippen LogP) is 1.64. The van der Waals surface area contributed by atoms with Gasteiger partial charge in [-0.15, -0.1) is 0 Å². The van der Waals surface area contributed by atoms with Gasteiger partial charge in [0.25, 0.3) is 6.02 Å². The number of ether oxygens (including phenoxy) is 1. The van der Waals surface area contributed by atoms with E-state index >= 15 is 0 Å². The van der Waals surface area contributed by atoms with Gasteiger partial charge in [-0.25, -0.2) is 4.99 Å². The highest BCUT2D eigenvalue weighted by atomic mass is 16.5. The van der Waals surface area contributed by atoms with E-state index in [4.69, 9.17) is 4.74 Å². The zero-order valence-corrected chi connectivity index (χ0v) is 11.2. The van der Waals surface area contributed by atoms with Crippen molar-refractivity contribution >= 4 is 11.7 Å². The van der Waals surface area contributed by atoms with E-state index in [0.717, 1.165) is 38.2 Å². The molecule has 2 atom stereocenters. The number of aliphatic imine (C=N–C) groups is 1. The van der Waals surface area contributed by atoms with Crippen LogP contribution < -0.4 is 10.6 Å². The molecule has 1 aromatic heterocycles. The molecule has 2 aliphatic rings. The molecule has 3 rings (SSSR count). The van der Waals surface area contributed by atoms with Crippen LogP contribution in [0.4, 0.5) is 5.69 Å². The van der Waals surface area contributed by atoms with Gasteiger partial charge in [0, 0.05) is 18.7 Å². The van der Waals surface area contributed by atoms with Gasteiger partial charge in [-0.3, -0.25) is 4.98 Å². The van der Waals surface area contributed by atoms with Crippen LogP contribution in [0, 0.1) is 5.92 Å². The van der Waals surface area contributed by atoms with Gasteiger partial charge < -0.3 is 15.4 Å². The summed E-state index contributed by atoms with van der Waals surface area (Å²) in [4.78, 5) is 8.60. The lowest BCUT2D eigenvalue weighted by atomic mass is 9.80. The Balaban J connectivity index is 1.68. The van der Waals surface area contributed by atoms with E-state index in [1.165, 1.54) is 0 Å². The van der Waals surface area contributed by atoms with Crippen LogP contribution in [-0.2, 0) is 4.74 Å². The molecule has 102 valence electrons. The number of hydrogen-bond acceptors (Lipinski definition) is 5. The topological polar surface area (TPSA) is 58.5 Å². The van der Waals surface area contributed by atoms with E-state index in [1.54, 1.807) is 12.4 Å². The first kappa shape index (κ1) is 12.4. The minimum absolute atomic E-state index is 0.155. The van der Waals surface area contributed by atoms with Crippen molar-refractivity contribution in [2.45, 2.75) is 25.4 Å². The van der Waals surface area contributed by atoms with Crippen molar-refractivity contribution in [2.24, 2.45) is 10.9 Å². The van der Waals surface area contributed by atoms with Crippen molar-refractivity contribution in [3.63, 3.8) is 0 Å². The highest BCUT2D eigenvalue weighted by Crippen LogP contribution is 2.34. The maximum absolute atomic E-state index is 6.15. The second kappa shape index (κ2) is 5.17. The lowest BCUT2D eigenvalue weighted by molar-refractivity contribution is 0.000850. The fourth-order valence-corrected chi connectivity index (χ4v) is 2.95. The molecule has 2 N–H and O–H groups in total.